The average molecular weight is 504 g/mol. The number of hydrogen-bond acceptors (Lipinski definition) is 4. The van der Waals surface area contributed by atoms with Crippen LogP contribution in [0.2, 0.25) is 10.0 Å². The second-order valence-corrected chi connectivity index (χ2v) is 10.2. The van der Waals surface area contributed by atoms with Crippen LogP contribution in [0.3, 0.4) is 0 Å². The molecule has 2 fully saturated rings. The topological polar surface area (TPSA) is 53.1 Å². The molecule has 6 nitrogen and oxygen atoms in total. The summed E-state index contributed by atoms with van der Waals surface area (Å²) in [4.78, 5) is 32.4. The standard InChI is InChI=1S/C26H31Cl2N3O3/c1-29-14-16-30(17-15-29)24(32)18-26(19-34-21-8-6-20(27)7-9-21)10-12-31(13-11-26)25(33)22-4-2-3-5-23(22)28/h2-9H,10-19H2,1H3. The van der Waals surface area contributed by atoms with Gasteiger partial charge in [0.1, 0.15) is 5.75 Å². The second-order valence-electron chi connectivity index (χ2n) is 9.38. The molecule has 2 amide bonds. The number of benzene rings is 2. The lowest BCUT2D eigenvalue weighted by Crippen LogP contribution is -2.51. The molecule has 0 saturated carbocycles. The smallest absolute Gasteiger partial charge is 0.255 e. The van der Waals surface area contributed by atoms with E-state index in [4.69, 9.17) is 27.9 Å². The maximum atomic E-state index is 13.3. The van der Waals surface area contributed by atoms with Crippen LogP contribution in [0.1, 0.15) is 29.6 Å². The summed E-state index contributed by atoms with van der Waals surface area (Å²) in [5.41, 5.74) is 0.180. The Morgan fingerprint density at radius 2 is 1.53 bits per heavy atom. The fourth-order valence-electron chi connectivity index (χ4n) is 4.62. The fraction of sp³-hybridized carbons (Fsp3) is 0.462. The van der Waals surface area contributed by atoms with Gasteiger partial charge in [-0.25, -0.2) is 0 Å². The highest BCUT2D eigenvalue weighted by molar-refractivity contribution is 6.33. The molecule has 8 heteroatoms. The summed E-state index contributed by atoms with van der Waals surface area (Å²) in [6.07, 6.45) is 1.80. The van der Waals surface area contributed by atoms with Gasteiger partial charge in [-0.1, -0.05) is 35.3 Å². The lowest BCUT2D eigenvalue weighted by Gasteiger charge is -2.42. The maximum absolute atomic E-state index is 13.3. The van der Waals surface area contributed by atoms with Gasteiger partial charge in [-0.2, -0.15) is 0 Å². The molecule has 182 valence electrons. The molecule has 0 N–H and O–H groups in total. The number of likely N-dealkylation sites (tertiary alicyclic amines) is 1. The van der Waals surface area contributed by atoms with Crippen LogP contribution in [0.5, 0.6) is 5.75 Å². The van der Waals surface area contributed by atoms with E-state index < -0.39 is 0 Å². The highest BCUT2D eigenvalue weighted by Crippen LogP contribution is 2.37. The molecular weight excluding hydrogens is 473 g/mol. The molecule has 2 aromatic carbocycles. The van der Waals surface area contributed by atoms with Gasteiger partial charge >= 0.3 is 0 Å². The lowest BCUT2D eigenvalue weighted by atomic mass is 9.75. The zero-order chi connectivity index (χ0) is 24.1. The van der Waals surface area contributed by atoms with Gasteiger partial charge in [-0.3, -0.25) is 9.59 Å². The van der Waals surface area contributed by atoms with Gasteiger partial charge in [-0.15, -0.1) is 0 Å². The SMILES string of the molecule is CN1CCN(C(=O)CC2(COc3ccc(Cl)cc3)CCN(C(=O)c3ccccc3Cl)CC2)CC1. The summed E-state index contributed by atoms with van der Waals surface area (Å²) in [7, 11) is 2.08. The first-order chi connectivity index (χ1) is 16.3. The summed E-state index contributed by atoms with van der Waals surface area (Å²) in [6.45, 7) is 4.82. The van der Waals surface area contributed by atoms with Crippen LogP contribution in [0.15, 0.2) is 48.5 Å². The Morgan fingerprint density at radius 3 is 2.18 bits per heavy atom. The summed E-state index contributed by atoms with van der Waals surface area (Å²) < 4.78 is 6.15. The van der Waals surface area contributed by atoms with Crippen molar-refractivity contribution in [2.45, 2.75) is 19.3 Å². The van der Waals surface area contributed by atoms with Crippen molar-refractivity contribution in [1.82, 2.24) is 14.7 Å². The Balaban J connectivity index is 1.45. The van der Waals surface area contributed by atoms with Gasteiger partial charge in [0, 0.05) is 56.1 Å². The zero-order valence-corrected chi connectivity index (χ0v) is 21.0. The number of halogens is 2. The molecule has 2 saturated heterocycles. The van der Waals surface area contributed by atoms with Gasteiger partial charge in [0.2, 0.25) is 5.91 Å². The van der Waals surface area contributed by atoms with Crippen LogP contribution < -0.4 is 4.74 Å². The number of ether oxygens (including phenoxy) is 1. The van der Waals surface area contributed by atoms with Crippen molar-refractivity contribution >= 4 is 35.0 Å². The minimum atomic E-state index is -0.336. The van der Waals surface area contributed by atoms with Crippen LogP contribution in [-0.4, -0.2) is 79.4 Å². The number of rotatable bonds is 6. The first kappa shape index (κ1) is 24.8. The van der Waals surface area contributed by atoms with E-state index in [1.165, 1.54) is 0 Å². The zero-order valence-electron chi connectivity index (χ0n) is 19.5. The van der Waals surface area contributed by atoms with E-state index in [0.29, 0.717) is 54.6 Å². The molecule has 0 radical (unpaired) electrons. The molecule has 0 spiro atoms. The van der Waals surface area contributed by atoms with Crippen molar-refractivity contribution < 1.29 is 14.3 Å². The highest BCUT2D eigenvalue weighted by Gasteiger charge is 2.40. The number of carbonyl (C=O) groups excluding carboxylic acids is 2. The number of piperidine rings is 1. The Morgan fingerprint density at radius 1 is 0.882 bits per heavy atom. The number of carbonyl (C=O) groups is 2. The Labute approximate surface area is 211 Å². The molecule has 2 heterocycles. The van der Waals surface area contributed by atoms with Crippen LogP contribution >= 0.6 is 23.2 Å². The number of nitrogens with zero attached hydrogens (tertiary/aromatic N) is 3. The minimum Gasteiger partial charge on any atom is -0.493 e. The van der Waals surface area contributed by atoms with E-state index in [9.17, 15) is 9.59 Å². The van der Waals surface area contributed by atoms with Gasteiger partial charge in [0.25, 0.3) is 5.91 Å². The minimum absolute atomic E-state index is 0.0665. The fourth-order valence-corrected chi connectivity index (χ4v) is 4.96. The van der Waals surface area contributed by atoms with E-state index in [1.807, 2.05) is 34.1 Å². The molecule has 0 atom stereocenters. The molecule has 34 heavy (non-hydrogen) atoms. The quantitative estimate of drug-likeness (QED) is 0.583. The predicted molar refractivity (Wildman–Crippen MR) is 135 cm³/mol. The molecule has 0 aliphatic carbocycles. The van der Waals surface area contributed by atoms with E-state index in [0.717, 1.165) is 31.9 Å². The summed E-state index contributed by atoms with van der Waals surface area (Å²) in [5, 5.41) is 1.11. The maximum Gasteiger partial charge on any atom is 0.255 e. The molecule has 0 unspecified atom stereocenters. The van der Waals surface area contributed by atoms with Crippen LogP contribution in [0.4, 0.5) is 0 Å². The van der Waals surface area contributed by atoms with E-state index in [1.54, 1.807) is 24.3 Å². The van der Waals surface area contributed by atoms with Crippen LogP contribution in [-0.2, 0) is 4.79 Å². The molecule has 0 bridgehead atoms. The van der Waals surface area contributed by atoms with E-state index >= 15 is 0 Å². The molecule has 0 aromatic heterocycles. The predicted octanol–water partition coefficient (Wildman–Crippen LogP) is 4.46. The second kappa shape index (κ2) is 11.0. The van der Waals surface area contributed by atoms with Crippen molar-refractivity contribution in [3.63, 3.8) is 0 Å². The van der Waals surface area contributed by atoms with Crippen molar-refractivity contribution in [2.75, 3.05) is 52.9 Å². The number of likely N-dealkylation sites (N-methyl/N-ethyl adjacent to an activating group) is 1. The lowest BCUT2D eigenvalue weighted by molar-refractivity contribution is -0.136. The average Bonchev–Trinajstić information content (AvgIpc) is 2.84. The normalized spacial score (nSPS) is 18.6. The van der Waals surface area contributed by atoms with Crippen molar-refractivity contribution in [3.05, 3.63) is 64.1 Å². The number of amides is 2. The van der Waals surface area contributed by atoms with Gasteiger partial charge in [-0.05, 0) is 56.3 Å². The first-order valence-corrected chi connectivity index (χ1v) is 12.5. The molecule has 2 aliphatic rings. The summed E-state index contributed by atoms with van der Waals surface area (Å²) in [5.74, 6) is 0.826. The van der Waals surface area contributed by atoms with Crippen molar-refractivity contribution in [2.24, 2.45) is 5.41 Å². The first-order valence-electron chi connectivity index (χ1n) is 11.7. The molecule has 2 aliphatic heterocycles. The van der Waals surface area contributed by atoms with E-state index in [-0.39, 0.29) is 17.2 Å². The van der Waals surface area contributed by atoms with Gasteiger partial charge in [0.15, 0.2) is 0 Å². The van der Waals surface area contributed by atoms with Crippen LogP contribution in [0, 0.1) is 5.41 Å². The largest absolute Gasteiger partial charge is 0.493 e. The third kappa shape index (κ3) is 6.04. The Kier molecular flexibility index (Phi) is 8.02. The summed E-state index contributed by atoms with van der Waals surface area (Å²) in [6, 6.07) is 14.4. The molecule has 2 aromatic rings. The monoisotopic (exact) mass is 503 g/mol. The number of hydrogen-bond donors (Lipinski definition) is 0. The third-order valence-corrected chi connectivity index (χ3v) is 7.54. The van der Waals surface area contributed by atoms with Gasteiger partial charge in [0.05, 0.1) is 17.2 Å². The highest BCUT2D eigenvalue weighted by atomic mass is 35.5. The van der Waals surface area contributed by atoms with Crippen molar-refractivity contribution in [3.8, 4) is 5.75 Å². The molecule has 4 rings (SSSR count). The summed E-state index contributed by atoms with van der Waals surface area (Å²) >= 11 is 12.3. The van der Waals surface area contributed by atoms with Gasteiger partial charge < -0.3 is 19.4 Å². The van der Waals surface area contributed by atoms with Crippen molar-refractivity contribution in [1.29, 1.82) is 0 Å². The van der Waals surface area contributed by atoms with E-state index in [2.05, 4.69) is 11.9 Å². The Hall–Kier alpha value is -2.28. The number of piperazine rings is 1. The Bertz CT molecular complexity index is 999. The van der Waals surface area contributed by atoms with Crippen LogP contribution in [0.25, 0.3) is 0 Å². The third-order valence-electron chi connectivity index (χ3n) is 6.96. The molecular formula is C26H31Cl2N3O3.